The number of nitrogens with zero attached hydrogens (tertiary/aromatic N) is 1. The van der Waals surface area contributed by atoms with Crippen LogP contribution in [-0.4, -0.2) is 24.6 Å². The molecule has 0 bridgehead atoms. The zero-order valence-electron chi connectivity index (χ0n) is 14.9. The largest absolute Gasteiger partial charge is 0.493 e. The lowest BCUT2D eigenvalue weighted by atomic mass is 10.2. The lowest BCUT2D eigenvalue weighted by molar-refractivity contribution is -0.118. The highest BCUT2D eigenvalue weighted by atomic mass is 32.1. The summed E-state index contributed by atoms with van der Waals surface area (Å²) < 4.78 is 12.0. The minimum atomic E-state index is -0.264. The van der Waals surface area contributed by atoms with E-state index in [0.717, 1.165) is 21.3 Å². The van der Waals surface area contributed by atoms with Crippen molar-refractivity contribution in [3.63, 3.8) is 0 Å². The molecule has 1 heterocycles. The first-order chi connectivity index (χ1) is 12.6. The molecule has 3 aromatic rings. The number of carbonyl (C=O) groups is 1. The van der Waals surface area contributed by atoms with E-state index >= 15 is 0 Å². The molecule has 134 valence electrons. The Labute approximate surface area is 156 Å². The van der Waals surface area contributed by atoms with Gasteiger partial charge in [0.2, 0.25) is 0 Å². The smallest absolute Gasteiger partial charge is 0.264 e. The Bertz CT molecular complexity index is 963. The normalized spacial score (nSPS) is 11.0. The van der Waals surface area contributed by atoms with Gasteiger partial charge in [0.05, 0.1) is 17.3 Å². The number of anilines is 1. The second-order valence-corrected chi connectivity index (χ2v) is 6.77. The molecule has 0 saturated heterocycles. The number of carbonyl (C=O) groups excluding carboxylic acids is 1. The highest BCUT2D eigenvalue weighted by Crippen LogP contribution is 2.29. The molecule has 0 spiro atoms. The first-order valence-electron chi connectivity index (χ1n) is 8.19. The molecule has 1 amide bonds. The fraction of sp³-hybridized carbons (Fsp3) is 0.200. The molecule has 0 fully saturated rings. The molecule has 1 aromatic heterocycles. The summed E-state index contributed by atoms with van der Waals surface area (Å²) >= 11 is 1.45. The summed E-state index contributed by atoms with van der Waals surface area (Å²) in [5.74, 6) is 0.847. The van der Waals surface area contributed by atoms with Gasteiger partial charge in [-0.3, -0.25) is 10.1 Å². The van der Waals surface area contributed by atoms with Crippen LogP contribution in [0.5, 0.6) is 11.5 Å². The summed E-state index contributed by atoms with van der Waals surface area (Å²) in [6.07, 6.45) is 3.91. The Morgan fingerprint density at radius 1 is 1.23 bits per heavy atom. The number of aromatic nitrogens is 1. The quantitative estimate of drug-likeness (QED) is 0.687. The molecule has 26 heavy (non-hydrogen) atoms. The highest BCUT2D eigenvalue weighted by Gasteiger charge is 2.11. The number of ether oxygens (including phenoxy) is 2. The van der Waals surface area contributed by atoms with Crippen molar-refractivity contribution in [2.45, 2.75) is 13.8 Å². The lowest BCUT2D eigenvalue weighted by Crippen LogP contribution is -2.20. The topological polar surface area (TPSA) is 60.5 Å². The third kappa shape index (κ3) is 4.21. The van der Waals surface area contributed by atoms with Gasteiger partial charge in [0.1, 0.15) is 0 Å². The number of hydrogen-bond donors (Lipinski definition) is 1. The zero-order valence-corrected chi connectivity index (χ0v) is 15.7. The van der Waals surface area contributed by atoms with Gasteiger partial charge in [-0.2, -0.15) is 0 Å². The predicted molar refractivity (Wildman–Crippen MR) is 106 cm³/mol. The number of nitrogens with one attached hydrogen (secondary N) is 1. The molecule has 1 N–H and O–H groups in total. The van der Waals surface area contributed by atoms with Gasteiger partial charge in [-0.1, -0.05) is 35.6 Å². The second-order valence-electron chi connectivity index (χ2n) is 5.74. The molecule has 2 aromatic carbocycles. The Balaban J connectivity index is 1.64. The summed E-state index contributed by atoms with van der Waals surface area (Å²) in [6.45, 7) is 3.86. The summed E-state index contributed by atoms with van der Waals surface area (Å²) in [5, 5.41) is 3.35. The molecule has 0 aliphatic carbocycles. The maximum Gasteiger partial charge on any atom is 0.264 e. The van der Waals surface area contributed by atoms with Crippen LogP contribution in [0.2, 0.25) is 0 Å². The molecule has 3 rings (SSSR count). The van der Waals surface area contributed by atoms with Crippen molar-refractivity contribution in [1.29, 1.82) is 0 Å². The van der Waals surface area contributed by atoms with E-state index in [9.17, 15) is 4.79 Å². The third-order valence-electron chi connectivity index (χ3n) is 3.70. The van der Waals surface area contributed by atoms with E-state index in [1.54, 1.807) is 13.2 Å². The molecule has 5 nitrogen and oxygen atoms in total. The Morgan fingerprint density at radius 2 is 2.08 bits per heavy atom. The predicted octanol–water partition coefficient (Wildman–Crippen LogP) is 4.66. The van der Waals surface area contributed by atoms with E-state index in [4.69, 9.17) is 9.47 Å². The van der Waals surface area contributed by atoms with Gasteiger partial charge in [0.15, 0.2) is 23.2 Å². The van der Waals surface area contributed by atoms with Crippen molar-refractivity contribution in [2.24, 2.45) is 0 Å². The minimum absolute atomic E-state index is 0.117. The van der Waals surface area contributed by atoms with E-state index < -0.39 is 0 Å². The number of methoxy groups -OCH3 is 1. The molecule has 0 radical (unpaired) electrons. The SMILES string of the molecule is C/C=C/c1ccc(OCC(=O)Nc2nc3ccc(C)cc3s2)c(OC)c1. The number of rotatable bonds is 6. The number of aryl methyl sites for hydroxylation is 1. The molecule has 0 aliphatic rings. The third-order valence-corrected chi connectivity index (χ3v) is 4.63. The summed E-state index contributed by atoms with van der Waals surface area (Å²) in [7, 11) is 1.57. The fourth-order valence-corrected chi connectivity index (χ4v) is 3.46. The van der Waals surface area contributed by atoms with Gasteiger partial charge in [-0.05, 0) is 49.2 Å². The van der Waals surface area contributed by atoms with Gasteiger partial charge < -0.3 is 9.47 Å². The van der Waals surface area contributed by atoms with Crippen molar-refractivity contribution < 1.29 is 14.3 Å². The Hall–Kier alpha value is -2.86. The van der Waals surface area contributed by atoms with Crippen LogP contribution in [0.4, 0.5) is 5.13 Å². The van der Waals surface area contributed by atoms with E-state index in [1.807, 2.05) is 50.3 Å². The monoisotopic (exact) mass is 368 g/mol. The van der Waals surface area contributed by atoms with Crippen molar-refractivity contribution >= 4 is 38.7 Å². The summed E-state index contributed by atoms with van der Waals surface area (Å²) in [5.41, 5.74) is 3.04. The van der Waals surface area contributed by atoms with Gasteiger partial charge >= 0.3 is 0 Å². The Morgan fingerprint density at radius 3 is 2.85 bits per heavy atom. The van der Waals surface area contributed by atoms with Crippen LogP contribution in [0.3, 0.4) is 0 Å². The number of fused-ring (bicyclic) bond motifs is 1. The van der Waals surface area contributed by atoms with E-state index in [2.05, 4.69) is 16.4 Å². The van der Waals surface area contributed by atoms with Crippen LogP contribution in [0.15, 0.2) is 42.5 Å². The first-order valence-corrected chi connectivity index (χ1v) is 9.01. The van der Waals surface area contributed by atoms with E-state index in [0.29, 0.717) is 16.6 Å². The highest BCUT2D eigenvalue weighted by molar-refractivity contribution is 7.22. The summed E-state index contributed by atoms with van der Waals surface area (Å²) in [6, 6.07) is 11.6. The van der Waals surface area contributed by atoms with Crippen molar-refractivity contribution in [3.8, 4) is 11.5 Å². The summed E-state index contributed by atoms with van der Waals surface area (Å²) in [4.78, 5) is 16.6. The molecular weight excluding hydrogens is 348 g/mol. The molecule has 0 atom stereocenters. The number of amides is 1. The molecule has 0 aliphatic heterocycles. The zero-order chi connectivity index (χ0) is 18.5. The van der Waals surface area contributed by atoms with E-state index in [-0.39, 0.29) is 12.5 Å². The van der Waals surface area contributed by atoms with Crippen LogP contribution in [0, 0.1) is 6.92 Å². The van der Waals surface area contributed by atoms with Crippen LogP contribution in [-0.2, 0) is 4.79 Å². The van der Waals surface area contributed by atoms with Crippen LogP contribution >= 0.6 is 11.3 Å². The van der Waals surface area contributed by atoms with Gasteiger partial charge in [-0.15, -0.1) is 0 Å². The first kappa shape index (κ1) is 17.9. The standard InChI is InChI=1S/C20H20N2O3S/c1-4-5-14-7-9-16(17(11-14)24-3)25-12-19(23)22-20-21-15-8-6-13(2)10-18(15)26-20/h4-11H,12H2,1-3H3,(H,21,22,23)/b5-4+. The van der Waals surface area contributed by atoms with Gasteiger partial charge in [0.25, 0.3) is 5.91 Å². The number of benzene rings is 2. The number of hydrogen-bond acceptors (Lipinski definition) is 5. The Kier molecular flexibility index (Phi) is 5.53. The lowest BCUT2D eigenvalue weighted by Gasteiger charge is -2.11. The van der Waals surface area contributed by atoms with Crippen LogP contribution in [0.25, 0.3) is 16.3 Å². The molecular formula is C20H20N2O3S. The minimum Gasteiger partial charge on any atom is -0.493 e. The average Bonchev–Trinajstić information content (AvgIpc) is 3.01. The number of allylic oxidation sites excluding steroid dienone is 1. The maximum absolute atomic E-state index is 12.2. The van der Waals surface area contributed by atoms with Crippen LogP contribution in [0.1, 0.15) is 18.1 Å². The van der Waals surface area contributed by atoms with Gasteiger partial charge in [-0.25, -0.2) is 4.98 Å². The molecule has 0 saturated carbocycles. The number of thiazole rings is 1. The van der Waals surface area contributed by atoms with Crippen molar-refractivity contribution in [2.75, 3.05) is 19.0 Å². The fourth-order valence-electron chi connectivity index (χ4n) is 2.48. The maximum atomic E-state index is 12.2. The molecule has 0 unspecified atom stereocenters. The van der Waals surface area contributed by atoms with E-state index in [1.165, 1.54) is 11.3 Å². The second kappa shape index (κ2) is 8.01. The molecule has 6 heteroatoms. The average molecular weight is 368 g/mol. The van der Waals surface area contributed by atoms with Crippen molar-refractivity contribution in [1.82, 2.24) is 4.98 Å². The van der Waals surface area contributed by atoms with Crippen LogP contribution < -0.4 is 14.8 Å². The van der Waals surface area contributed by atoms with Crippen molar-refractivity contribution in [3.05, 3.63) is 53.6 Å². The van der Waals surface area contributed by atoms with Gasteiger partial charge in [0, 0.05) is 0 Å².